The summed E-state index contributed by atoms with van der Waals surface area (Å²) in [6, 6.07) is 9.50. The minimum atomic E-state index is -0.517. The molecule has 8 nitrogen and oxygen atoms in total. The van der Waals surface area contributed by atoms with Crippen LogP contribution < -0.4 is 10.6 Å². The maximum absolute atomic E-state index is 12.2. The second-order valence-corrected chi connectivity index (χ2v) is 5.94. The summed E-state index contributed by atoms with van der Waals surface area (Å²) in [5.74, 6) is -1.35. The van der Waals surface area contributed by atoms with E-state index in [-0.39, 0.29) is 17.6 Å². The number of oxazole rings is 1. The maximum atomic E-state index is 12.2. The van der Waals surface area contributed by atoms with Crippen molar-refractivity contribution in [2.45, 2.75) is 0 Å². The average molecular weight is 371 g/mol. The van der Waals surface area contributed by atoms with Crippen molar-refractivity contribution in [2.24, 2.45) is 0 Å². The zero-order chi connectivity index (χ0) is 18.5. The Balaban J connectivity index is 1.63. The molecule has 1 aromatic carbocycles. The number of esters is 1. The third-order valence-electron chi connectivity index (χ3n) is 3.27. The number of hydrogen-bond acceptors (Lipinski definition) is 7. The van der Waals surface area contributed by atoms with Crippen molar-refractivity contribution in [3.63, 3.8) is 0 Å². The Labute approximate surface area is 151 Å². The molecule has 132 valence electrons. The Bertz CT molecular complexity index is 932. The van der Waals surface area contributed by atoms with Crippen molar-refractivity contribution in [1.82, 2.24) is 4.98 Å². The van der Waals surface area contributed by atoms with Crippen LogP contribution in [0.25, 0.3) is 0 Å². The summed E-state index contributed by atoms with van der Waals surface area (Å²) in [6.07, 6.45) is 1.14. The van der Waals surface area contributed by atoms with E-state index in [1.54, 1.807) is 29.6 Å². The van der Waals surface area contributed by atoms with Gasteiger partial charge in [0.15, 0.2) is 5.69 Å². The first-order valence-corrected chi connectivity index (χ1v) is 8.25. The number of nitrogens with zero attached hydrogens (tertiary/aromatic N) is 1. The van der Waals surface area contributed by atoms with Gasteiger partial charge in [-0.25, -0.2) is 4.79 Å². The highest BCUT2D eigenvalue weighted by Gasteiger charge is 2.15. The van der Waals surface area contributed by atoms with E-state index in [1.807, 2.05) is 0 Å². The first kappa shape index (κ1) is 17.4. The first-order valence-electron chi connectivity index (χ1n) is 7.37. The van der Waals surface area contributed by atoms with Gasteiger partial charge in [-0.15, -0.1) is 11.3 Å². The summed E-state index contributed by atoms with van der Waals surface area (Å²) < 4.78 is 9.70. The molecule has 0 spiro atoms. The molecule has 26 heavy (non-hydrogen) atoms. The number of carbonyl (C=O) groups is 3. The minimum Gasteiger partial charge on any atom is -0.465 e. The molecule has 0 fully saturated rings. The zero-order valence-electron chi connectivity index (χ0n) is 13.5. The zero-order valence-corrected chi connectivity index (χ0v) is 14.3. The molecule has 0 saturated heterocycles. The standard InChI is InChI=1S/C17H13N3O5S/c1-24-16(23)10-4-6-11(7-5-10)18-14(21)12-9-25-17(19-12)20-15(22)13-3-2-8-26-13/h2-9H,1H3,(H,18,21)(H,19,20,22). The van der Waals surface area contributed by atoms with Crippen LogP contribution in [0.1, 0.15) is 30.5 Å². The Morgan fingerprint density at radius 3 is 2.50 bits per heavy atom. The van der Waals surface area contributed by atoms with E-state index in [0.717, 1.165) is 6.26 Å². The number of rotatable bonds is 5. The van der Waals surface area contributed by atoms with Crippen LogP contribution in [0.4, 0.5) is 11.7 Å². The molecular weight excluding hydrogens is 358 g/mol. The minimum absolute atomic E-state index is 0.00326. The van der Waals surface area contributed by atoms with Crippen LogP contribution in [-0.2, 0) is 4.74 Å². The van der Waals surface area contributed by atoms with Crippen LogP contribution in [-0.4, -0.2) is 29.9 Å². The lowest BCUT2D eigenvalue weighted by atomic mass is 10.2. The van der Waals surface area contributed by atoms with Crippen molar-refractivity contribution in [2.75, 3.05) is 17.7 Å². The third-order valence-corrected chi connectivity index (χ3v) is 4.13. The molecule has 0 bridgehead atoms. The van der Waals surface area contributed by atoms with Gasteiger partial charge in [0.25, 0.3) is 11.8 Å². The van der Waals surface area contributed by atoms with E-state index in [1.165, 1.54) is 30.6 Å². The topological polar surface area (TPSA) is 111 Å². The van der Waals surface area contributed by atoms with E-state index < -0.39 is 11.9 Å². The van der Waals surface area contributed by atoms with Crippen molar-refractivity contribution < 1.29 is 23.5 Å². The van der Waals surface area contributed by atoms with Crippen molar-refractivity contribution in [3.8, 4) is 0 Å². The van der Waals surface area contributed by atoms with Gasteiger partial charge < -0.3 is 14.5 Å². The molecule has 0 radical (unpaired) electrons. The number of thiophene rings is 1. The highest BCUT2D eigenvalue weighted by Crippen LogP contribution is 2.15. The average Bonchev–Trinajstić information content (AvgIpc) is 3.33. The summed E-state index contributed by atoms with van der Waals surface area (Å²) in [5.41, 5.74) is 0.837. The number of carbonyl (C=O) groups excluding carboxylic acids is 3. The number of ether oxygens (including phenoxy) is 1. The number of anilines is 2. The SMILES string of the molecule is COC(=O)c1ccc(NC(=O)c2coc(NC(=O)c3cccs3)n2)cc1. The third kappa shape index (κ3) is 3.95. The van der Waals surface area contributed by atoms with E-state index in [0.29, 0.717) is 16.1 Å². The molecule has 2 amide bonds. The molecule has 0 unspecified atom stereocenters. The van der Waals surface area contributed by atoms with E-state index in [2.05, 4.69) is 20.4 Å². The van der Waals surface area contributed by atoms with Crippen LogP contribution in [0.2, 0.25) is 0 Å². The smallest absolute Gasteiger partial charge is 0.337 e. The Morgan fingerprint density at radius 1 is 1.08 bits per heavy atom. The van der Waals surface area contributed by atoms with Gasteiger partial charge in [0, 0.05) is 5.69 Å². The summed E-state index contributed by atoms with van der Waals surface area (Å²) in [7, 11) is 1.29. The molecule has 0 aliphatic heterocycles. The number of aromatic nitrogens is 1. The van der Waals surface area contributed by atoms with E-state index in [9.17, 15) is 14.4 Å². The van der Waals surface area contributed by atoms with Gasteiger partial charge in [-0.05, 0) is 35.7 Å². The predicted octanol–water partition coefficient (Wildman–Crippen LogP) is 3.03. The fourth-order valence-electron chi connectivity index (χ4n) is 2.00. The van der Waals surface area contributed by atoms with Crippen LogP contribution in [0.3, 0.4) is 0 Å². The van der Waals surface area contributed by atoms with E-state index >= 15 is 0 Å². The van der Waals surface area contributed by atoms with Crippen molar-refractivity contribution >= 4 is 40.8 Å². The van der Waals surface area contributed by atoms with Gasteiger partial charge in [-0.3, -0.25) is 14.9 Å². The van der Waals surface area contributed by atoms with Gasteiger partial charge in [0.05, 0.1) is 17.6 Å². The van der Waals surface area contributed by atoms with Gasteiger partial charge in [-0.2, -0.15) is 4.98 Å². The molecule has 0 atom stereocenters. The number of hydrogen-bond donors (Lipinski definition) is 2. The molecule has 0 aliphatic rings. The van der Waals surface area contributed by atoms with Crippen LogP contribution in [0, 0.1) is 0 Å². The first-order chi connectivity index (χ1) is 12.6. The molecule has 2 N–H and O–H groups in total. The second kappa shape index (κ2) is 7.62. The molecular formula is C17H13N3O5S. The summed E-state index contributed by atoms with van der Waals surface area (Å²) in [4.78, 5) is 39.9. The molecule has 0 saturated carbocycles. The van der Waals surface area contributed by atoms with Crippen molar-refractivity contribution in [1.29, 1.82) is 0 Å². The number of methoxy groups -OCH3 is 1. The number of benzene rings is 1. The Morgan fingerprint density at radius 2 is 1.85 bits per heavy atom. The molecule has 2 aromatic heterocycles. The summed E-state index contributed by atoms with van der Waals surface area (Å²) in [5, 5.41) is 6.86. The summed E-state index contributed by atoms with van der Waals surface area (Å²) >= 11 is 1.28. The predicted molar refractivity (Wildman–Crippen MR) is 94.5 cm³/mol. The fourth-order valence-corrected chi connectivity index (χ4v) is 2.62. The second-order valence-electron chi connectivity index (χ2n) is 4.99. The van der Waals surface area contributed by atoms with Gasteiger partial charge >= 0.3 is 12.0 Å². The van der Waals surface area contributed by atoms with E-state index in [4.69, 9.17) is 4.42 Å². The Kier molecular flexibility index (Phi) is 5.09. The van der Waals surface area contributed by atoms with Gasteiger partial charge in [0.2, 0.25) is 0 Å². The lowest BCUT2D eigenvalue weighted by Crippen LogP contribution is -2.14. The maximum Gasteiger partial charge on any atom is 0.337 e. The lowest BCUT2D eigenvalue weighted by molar-refractivity contribution is 0.0600. The van der Waals surface area contributed by atoms with Crippen LogP contribution in [0.15, 0.2) is 52.5 Å². The highest BCUT2D eigenvalue weighted by molar-refractivity contribution is 7.12. The van der Waals surface area contributed by atoms with Gasteiger partial charge in [-0.1, -0.05) is 6.07 Å². The number of nitrogens with one attached hydrogen (secondary N) is 2. The molecule has 3 rings (SSSR count). The fraction of sp³-hybridized carbons (Fsp3) is 0.0588. The Hall–Kier alpha value is -3.46. The molecule has 2 heterocycles. The van der Waals surface area contributed by atoms with Crippen molar-refractivity contribution in [3.05, 3.63) is 64.2 Å². The largest absolute Gasteiger partial charge is 0.465 e. The molecule has 3 aromatic rings. The molecule has 9 heteroatoms. The van der Waals surface area contributed by atoms with Gasteiger partial charge in [0.1, 0.15) is 6.26 Å². The monoisotopic (exact) mass is 371 g/mol. The highest BCUT2D eigenvalue weighted by atomic mass is 32.1. The lowest BCUT2D eigenvalue weighted by Gasteiger charge is -2.04. The molecule has 0 aliphatic carbocycles. The van der Waals surface area contributed by atoms with Crippen LogP contribution >= 0.6 is 11.3 Å². The normalized spacial score (nSPS) is 10.2. The number of amides is 2. The summed E-state index contributed by atoms with van der Waals surface area (Å²) in [6.45, 7) is 0. The van der Waals surface area contributed by atoms with Crippen LogP contribution in [0.5, 0.6) is 0 Å². The quantitative estimate of drug-likeness (QED) is 0.667.